The van der Waals surface area contributed by atoms with E-state index >= 15 is 0 Å². The molecule has 0 saturated heterocycles. The Hall–Kier alpha value is -4.24. The first-order valence-electron chi connectivity index (χ1n) is 14.8. The van der Waals surface area contributed by atoms with Gasteiger partial charge >= 0.3 is 0 Å². The molecule has 0 radical (unpaired) electrons. The molecule has 5 heterocycles. The number of hydrogen-bond acceptors (Lipinski definition) is 1. The van der Waals surface area contributed by atoms with Gasteiger partial charge in [-0.25, -0.2) is 0 Å². The van der Waals surface area contributed by atoms with Crippen LogP contribution in [-0.2, 0) is 22.9 Å². The first-order valence-corrected chi connectivity index (χ1v) is 14.8. The van der Waals surface area contributed by atoms with Gasteiger partial charge in [-0.3, -0.25) is 0 Å². The minimum atomic E-state index is -0.367. The van der Waals surface area contributed by atoms with Gasteiger partial charge in [-0.15, -0.1) is 0 Å². The Kier molecular flexibility index (Phi) is 4.75. The highest BCUT2D eigenvalue weighted by atomic mass is 15.5. The van der Waals surface area contributed by atoms with Crippen LogP contribution in [0.25, 0.3) is 22.5 Å². The molecule has 3 aliphatic heterocycles. The van der Waals surface area contributed by atoms with Gasteiger partial charge in [0.2, 0.25) is 0 Å². The third kappa shape index (κ3) is 3.21. The van der Waals surface area contributed by atoms with Gasteiger partial charge in [-0.1, -0.05) is 90.1 Å². The van der Waals surface area contributed by atoms with Crippen LogP contribution in [0.1, 0.15) is 63.8 Å². The van der Waals surface area contributed by atoms with Crippen LogP contribution in [-0.4, -0.2) is 0 Å². The molecule has 5 aromatic rings. The van der Waals surface area contributed by atoms with E-state index in [9.17, 15) is 0 Å². The minimum absolute atomic E-state index is 0.0275. The van der Waals surface area contributed by atoms with E-state index in [4.69, 9.17) is 0 Å². The van der Waals surface area contributed by atoms with E-state index in [-0.39, 0.29) is 16.5 Å². The van der Waals surface area contributed by atoms with Crippen molar-refractivity contribution in [2.45, 2.75) is 64.5 Å². The van der Waals surface area contributed by atoms with E-state index in [1.54, 1.807) is 0 Å². The van der Waals surface area contributed by atoms with Gasteiger partial charge in [0.1, 0.15) is 17.1 Å². The zero-order valence-electron chi connectivity index (χ0n) is 24.9. The van der Waals surface area contributed by atoms with Crippen molar-refractivity contribution in [3.05, 3.63) is 125 Å². The molecule has 3 aliphatic rings. The monoisotopic (exact) mass is 535 g/mol. The topological polar surface area (TPSA) is 11.0 Å². The summed E-state index contributed by atoms with van der Waals surface area (Å²) in [6.07, 6.45) is 0.909. The molecular formula is C38H37N3+2. The molecule has 3 nitrogen and oxygen atoms in total. The van der Waals surface area contributed by atoms with E-state index in [1.165, 1.54) is 62.1 Å². The molecule has 1 atom stereocenters. The van der Waals surface area contributed by atoms with Crippen molar-refractivity contribution in [2.24, 2.45) is 0 Å². The Morgan fingerprint density at radius 1 is 0.585 bits per heavy atom. The van der Waals surface area contributed by atoms with Crippen molar-refractivity contribution in [1.82, 2.24) is 0 Å². The average molecular weight is 536 g/mol. The lowest BCUT2D eigenvalue weighted by molar-refractivity contribution is -0.967. The van der Waals surface area contributed by atoms with Gasteiger partial charge in [0, 0.05) is 23.3 Å². The van der Waals surface area contributed by atoms with Crippen LogP contribution < -0.4 is 14.0 Å². The Bertz CT molecular complexity index is 1870. The highest BCUT2D eigenvalue weighted by Crippen LogP contribution is 2.49. The van der Waals surface area contributed by atoms with Crippen molar-refractivity contribution in [3.8, 4) is 22.5 Å². The molecule has 3 heteroatoms. The number of pyridine rings is 2. The highest BCUT2D eigenvalue weighted by molar-refractivity contribution is 5.77. The maximum atomic E-state index is 2.64. The van der Waals surface area contributed by atoms with Gasteiger partial charge in [-0.05, 0) is 70.0 Å². The lowest BCUT2D eigenvalue weighted by Crippen LogP contribution is -2.79. The fourth-order valence-corrected chi connectivity index (χ4v) is 7.37. The van der Waals surface area contributed by atoms with E-state index in [1.807, 2.05) is 0 Å². The summed E-state index contributed by atoms with van der Waals surface area (Å²) in [4.78, 5) is 2.51. The molecule has 0 fully saturated rings. The number of aromatic nitrogens is 2. The molecular weight excluding hydrogens is 498 g/mol. The molecule has 2 aromatic heterocycles. The van der Waals surface area contributed by atoms with E-state index in [0.717, 1.165) is 6.42 Å². The fourth-order valence-electron chi connectivity index (χ4n) is 7.37. The normalized spacial score (nSPS) is 18.0. The number of fused-ring (bicyclic) bond motifs is 4. The third-order valence-corrected chi connectivity index (χ3v) is 9.41. The molecule has 8 rings (SSSR count). The minimum Gasteiger partial charge on any atom is -0.178 e. The Labute approximate surface area is 243 Å². The number of nitrogens with zero attached hydrogens (tertiary/aromatic N) is 3. The van der Waals surface area contributed by atoms with Crippen LogP contribution in [0.2, 0.25) is 0 Å². The van der Waals surface area contributed by atoms with Gasteiger partial charge in [0.05, 0.1) is 12.0 Å². The molecule has 1 spiro atoms. The molecule has 1 unspecified atom stereocenters. The fraction of sp³-hybridized carbons (Fsp3) is 0.263. The smallest absolute Gasteiger partial charge is 0.178 e. The van der Waals surface area contributed by atoms with Crippen LogP contribution in [0, 0.1) is 0 Å². The first kappa shape index (κ1) is 24.5. The lowest BCUT2D eigenvalue weighted by atomic mass is 9.80. The van der Waals surface area contributed by atoms with Crippen molar-refractivity contribution < 1.29 is 9.13 Å². The Morgan fingerprint density at radius 3 is 1.73 bits per heavy atom. The number of anilines is 3. The molecule has 0 aliphatic carbocycles. The predicted octanol–water partition coefficient (Wildman–Crippen LogP) is 8.09. The van der Waals surface area contributed by atoms with Crippen molar-refractivity contribution in [3.63, 3.8) is 0 Å². The average Bonchev–Trinajstić information content (AvgIpc) is 3.23. The summed E-state index contributed by atoms with van der Waals surface area (Å²) in [5.41, 5.74) is 11.6. The number of rotatable bonds is 1. The predicted molar refractivity (Wildman–Crippen MR) is 166 cm³/mol. The molecule has 0 N–H and O–H groups in total. The van der Waals surface area contributed by atoms with Crippen molar-refractivity contribution in [1.29, 1.82) is 0 Å². The van der Waals surface area contributed by atoms with Crippen LogP contribution in [0.5, 0.6) is 0 Å². The maximum Gasteiger partial charge on any atom is 0.294 e. The van der Waals surface area contributed by atoms with Gasteiger partial charge in [-0.2, -0.15) is 14.0 Å². The standard InChI is InChI=1S/C38H37N3/c1-36(2,3)26-21-27(37(4,5)6)23-28(22-26)39-34-19-11-17-32-29-14-8-7-13-25(29)24-38(40(32)34)31-16-10-9-15-30(31)33-18-12-20-35(39)41(33)38/h7-23H,24H2,1-6H3/q+2. The third-order valence-electron chi connectivity index (χ3n) is 9.41. The Balaban J connectivity index is 1.53. The largest absolute Gasteiger partial charge is 0.294 e. The van der Waals surface area contributed by atoms with E-state index in [0.29, 0.717) is 0 Å². The van der Waals surface area contributed by atoms with E-state index < -0.39 is 0 Å². The highest BCUT2D eigenvalue weighted by Gasteiger charge is 2.62. The van der Waals surface area contributed by atoms with Gasteiger partial charge in [0.15, 0.2) is 0 Å². The van der Waals surface area contributed by atoms with Crippen LogP contribution in [0.4, 0.5) is 17.3 Å². The van der Waals surface area contributed by atoms with Gasteiger partial charge < -0.3 is 0 Å². The summed E-state index contributed by atoms with van der Waals surface area (Å²) in [6, 6.07) is 39.0. The quantitative estimate of drug-likeness (QED) is 0.197. The van der Waals surface area contributed by atoms with Crippen molar-refractivity contribution in [2.75, 3.05) is 4.90 Å². The van der Waals surface area contributed by atoms with Gasteiger partial charge in [0.25, 0.3) is 17.3 Å². The molecule has 0 saturated carbocycles. The van der Waals surface area contributed by atoms with Crippen molar-refractivity contribution >= 4 is 17.3 Å². The summed E-state index contributed by atoms with van der Waals surface area (Å²) in [5, 5.41) is 0. The number of hydrogen-bond donors (Lipinski definition) is 0. The lowest BCUT2D eigenvalue weighted by Gasteiger charge is -2.40. The first-order chi connectivity index (χ1) is 19.6. The Morgan fingerprint density at radius 2 is 1.12 bits per heavy atom. The number of benzene rings is 3. The second kappa shape index (κ2) is 7.94. The second-order valence-corrected chi connectivity index (χ2v) is 14.0. The second-order valence-electron chi connectivity index (χ2n) is 14.0. The molecule has 0 bridgehead atoms. The molecule has 202 valence electrons. The molecule has 41 heavy (non-hydrogen) atoms. The summed E-state index contributed by atoms with van der Waals surface area (Å²) < 4.78 is 5.27. The van der Waals surface area contributed by atoms with Crippen LogP contribution >= 0.6 is 0 Å². The zero-order valence-corrected chi connectivity index (χ0v) is 24.9. The van der Waals surface area contributed by atoms with E-state index in [2.05, 4.69) is 159 Å². The SMILES string of the molecule is CC(C)(C)c1cc(N2c3cccc4[n+]3C3(Cc5ccccc5-4)c4ccccc4-c4cccc2[n+]43)cc(C(C)(C)C)c1. The summed E-state index contributed by atoms with van der Waals surface area (Å²) in [7, 11) is 0. The molecule has 0 amide bonds. The maximum absolute atomic E-state index is 2.64. The zero-order chi connectivity index (χ0) is 28.3. The summed E-state index contributed by atoms with van der Waals surface area (Å²) >= 11 is 0. The summed E-state index contributed by atoms with van der Waals surface area (Å²) in [6.45, 7) is 13.9. The molecule has 3 aromatic carbocycles. The summed E-state index contributed by atoms with van der Waals surface area (Å²) in [5.74, 6) is 2.41. The van der Waals surface area contributed by atoms with Crippen LogP contribution in [0.3, 0.4) is 0 Å². The van der Waals surface area contributed by atoms with Crippen LogP contribution in [0.15, 0.2) is 103 Å².